The molecule has 0 radical (unpaired) electrons. The van der Waals surface area contributed by atoms with Crippen LogP contribution in [0.4, 0.5) is 0 Å². The predicted octanol–water partition coefficient (Wildman–Crippen LogP) is 2.90. The highest BCUT2D eigenvalue weighted by Crippen LogP contribution is 2.45. The average molecular weight is 496 g/mol. The number of esters is 2. The Bertz CT molecular complexity index is 1370. The molecular formula is C27H29NO8. The quantitative estimate of drug-likeness (QED) is 0.366. The molecule has 0 saturated carbocycles. The third-order valence-corrected chi connectivity index (χ3v) is 6.75. The summed E-state index contributed by atoms with van der Waals surface area (Å²) < 4.78 is 21.1. The van der Waals surface area contributed by atoms with Gasteiger partial charge in [-0.15, -0.1) is 0 Å². The van der Waals surface area contributed by atoms with Crippen molar-refractivity contribution in [2.24, 2.45) is 11.8 Å². The lowest BCUT2D eigenvalue weighted by Crippen LogP contribution is -2.44. The number of rotatable bonds is 6. The Morgan fingerprint density at radius 1 is 1.14 bits per heavy atom. The molecule has 0 amide bonds. The minimum atomic E-state index is -1.08. The first kappa shape index (κ1) is 25.4. The number of hydrogen-bond acceptors (Lipinski definition) is 9. The number of carbonyl (C=O) groups is 3. The van der Waals surface area contributed by atoms with E-state index in [2.05, 4.69) is 5.32 Å². The molecule has 1 aliphatic heterocycles. The van der Waals surface area contributed by atoms with Crippen molar-refractivity contribution in [2.45, 2.75) is 33.1 Å². The normalized spacial score (nSPS) is 21.8. The van der Waals surface area contributed by atoms with Crippen molar-refractivity contribution >= 4 is 28.7 Å². The molecule has 0 saturated heterocycles. The van der Waals surface area contributed by atoms with Gasteiger partial charge in [-0.05, 0) is 38.3 Å². The molecule has 9 heteroatoms. The first-order chi connectivity index (χ1) is 17.2. The van der Waals surface area contributed by atoms with E-state index in [0.717, 1.165) is 5.56 Å². The maximum Gasteiger partial charge on any atom is 0.336 e. The number of allylic oxidation sites excluding steroid dienone is 3. The number of hydrogen-bond donors (Lipinski definition) is 1. The zero-order valence-corrected chi connectivity index (χ0v) is 20.9. The lowest BCUT2D eigenvalue weighted by Gasteiger charge is -2.37. The van der Waals surface area contributed by atoms with E-state index in [4.69, 9.17) is 18.6 Å². The Morgan fingerprint density at radius 2 is 1.89 bits per heavy atom. The highest BCUT2D eigenvalue weighted by Gasteiger charge is 2.48. The smallest absolute Gasteiger partial charge is 0.336 e. The topological polar surface area (TPSA) is 121 Å². The minimum Gasteiger partial charge on any atom is -0.468 e. The van der Waals surface area contributed by atoms with Crippen molar-refractivity contribution in [1.29, 1.82) is 0 Å². The van der Waals surface area contributed by atoms with Crippen molar-refractivity contribution in [3.63, 3.8) is 0 Å². The molecule has 1 aliphatic carbocycles. The monoisotopic (exact) mass is 495 g/mol. The highest BCUT2D eigenvalue weighted by atomic mass is 16.6. The largest absolute Gasteiger partial charge is 0.468 e. The van der Waals surface area contributed by atoms with Gasteiger partial charge in [0.05, 0.1) is 36.9 Å². The molecule has 3 atom stereocenters. The fourth-order valence-corrected chi connectivity index (χ4v) is 5.02. The van der Waals surface area contributed by atoms with Crippen LogP contribution in [0.3, 0.4) is 0 Å². The zero-order valence-electron chi connectivity index (χ0n) is 20.9. The molecule has 9 nitrogen and oxygen atoms in total. The van der Waals surface area contributed by atoms with Crippen LogP contribution >= 0.6 is 0 Å². The SMILES string of the molecule is COCCOC(=O)C1=C(C)NC2=C(C(=O)[C@H](C(=O)OC)[C@@H](C)C2)[C@H]1c1coc2ccc(C)cc2c1=O. The second kappa shape index (κ2) is 10.1. The van der Waals surface area contributed by atoms with E-state index in [1.165, 1.54) is 20.5 Å². The molecule has 1 N–H and O–H groups in total. The number of ether oxygens (including phenoxy) is 3. The van der Waals surface area contributed by atoms with Crippen LogP contribution in [0.2, 0.25) is 0 Å². The minimum absolute atomic E-state index is 0.00791. The molecule has 1 aromatic carbocycles. The summed E-state index contributed by atoms with van der Waals surface area (Å²) in [5.41, 5.74) is 2.30. The number of ketones is 1. The van der Waals surface area contributed by atoms with Gasteiger partial charge in [0.1, 0.15) is 18.1 Å². The molecule has 36 heavy (non-hydrogen) atoms. The maximum absolute atomic E-state index is 13.8. The second-order valence-electron chi connectivity index (χ2n) is 9.18. The van der Waals surface area contributed by atoms with Crippen LogP contribution in [-0.4, -0.2) is 45.2 Å². The van der Waals surface area contributed by atoms with E-state index in [9.17, 15) is 19.2 Å². The number of methoxy groups -OCH3 is 2. The van der Waals surface area contributed by atoms with E-state index in [-0.39, 0.29) is 41.3 Å². The van der Waals surface area contributed by atoms with Crippen LogP contribution in [-0.2, 0) is 28.6 Å². The summed E-state index contributed by atoms with van der Waals surface area (Å²) >= 11 is 0. The van der Waals surface area contributed by atoms with Crippen molar-refractivity contribution in [3.8, 4) is 0 Å². The molecule has 2 heterocycles. The predicted molar refractivity (Wildman–Crippen MR) is 130 cm³/mol. The Balaban J connectivity index is 1.93. The van der Waals surface area contributed by atoms with Crippen LogP contribution in [0.25, 0.3) is 11.0 Å². The molecule has 2 aliphatic rings. The number of benzene rings is 1. The van der Waals surface area contributed by atoms with E-state index in [0.29, 0.717) is 28.8 Å². The summed E-state index contributed by atoms with van der Waals surface area (Å²) in [6.45, 7) is 5.51. The molecular weight excluding hydrogens is 466 g/mol. The molecule has 2 aromatic rings. The number of Topliss-reactive ketones (excluding diaryl/α,β-unsaturated/α-hetero) is 1. The van der Waals surface area contributed by atoms with Gasteiger partial charge in [-0.2, -0.15) is 0 Å². The summed E-state index contributed by atoms with van der Waals surface area (Å²) in [6, 6.07) is 5.23. The second-order valence-corrected chi connectivity index (χ2v) is 9.18. The number of carbonyl (C=O) groups excluding carboxylic acids is 3. The summed E-state index contributed by atoms with van der Waals surface area (Å²) in [5, 5.41) is 3.50. The zero-order chi connectivity index (χ0) is 26.1. The van der Waals surface area contributed by atoms with E-state index in [1.54, 1.807) is 26.0 Å². The summed E-state index contributed by atoms with van der Waals surface area (Å²) in [6.07, 6.45) is 1.65. The van der Waals surface area contributed by atoms with E-state index >= 15 is 0 Å². The summed E-state index contributed by atoms with van der Waals surface area (Å²) in [7, 11) is 2.71. The standard InChI is InChI=1S/C27H29NO8/c1-13-6-7-19-16(10-13)24(29)17(12-36-19)22-21(27(32)35-9-8-33-4)15(3)28-18-11-14(2)20(26(31)34-5)25(30)23(18)22/h6-7,10,12,14,20,22,28H,8-9,11H2,1-5H3/t14-,20+,22-/m0/s1. The van der Waals surface area contributed by atoms with Gasteiger partial charge in [-0.3, -0.25) is 14.4 Å². The van der Waals surface area contributed by atoms with Crippen molar-refractivity contribution in [3.05, 3.63) is 68.4 Å². The van der Waals surface area contributed by atoms with Gasteiger partial charge < -0.3 is 23.9 Å². The van der Waals surface area contributed by atoms with E-state index in [1.807, 2.05) is 13.0 Å². The fourth-order valence-electron chi connectivity index (χ4n) is 5.02. The summed E-state index contributed by atoms with van der Waals surface area (Å²) in [5.74, 6) is -4.32. The van der Waals surface area contributed by atoms with Crippen LogP contribution in [0, 0.1) is 18.8 Å². The van der Waals surface area contributed by atoms with Gasteiger partial charge in [0.2, 0.25) is 0 Å². The third kappa shape index (κ3) is 4.35. The van der Waals surface area contributed by atoms with Crippen molar-refractivity contribution in [2.75, 3.05) is 27.4 Å². The lowest BCUT2D eigenvalue weighted by atomic mass is 9.69. The first-order valence-corrected chi connectivity index (χ1v) is 11.7. The molecule has 0 bridgehead atoms. The molecule has 0 spiro atoms. The van der Waals surface area contributed by atoms with Crippen LogP contribution in [0.5, 0.6) is 0 Å². The Morgan fingerprint density at radius 3 is 2.58 bits per heavy atom. The molecule has 0 unspecified atom stereocenters. The molecule has 4 rings (SSSR count). The highest BCUT2D eigenvalue weighted by molar-refractivity contribution is 6.12. The van der Waals surface area contributed by atoms with Crippen molar-refractivity contribution < 1.29 is 33.0 Å². The van der Waals surface area contributed by atoms with Gasteiger partial charge in [-0.1, -0.05) is 18.6 Å². The average Bonchev–Trinajstić information content (AvgIpc) is 2.83. The number of nitrogens with one attached hydrogen (secondary N) is 1. The number of dihydropyridines is 1. The van der Waals surface area contributed by atoms with Gasteiger partial charge >= 0.3 is 11.9 Å². The van der Waals surface area contributed by atoms with Crippen LogP contribution in [0.1, 0.15) is 37.3 Å². The Kier molecular flexibility index (Phi) is 7.12. The van der Waals surface area contributed by atoms with Gasteiger partial charge in [0.15, 0.2) is 11.2 Å². The lowest BCUT2D eigenvalue weighted by molar-refractivity contribution is -0.151. The van der Waals surface area contributed by atoms with Crippen molar-refractivity contribution in [1.82, 2.24) is 5.32 Å². The van der Waals surface area contributed by atoms with Gasteiger partial charge in [-0.25, -0.2) is 4.79 Å². The van der Waals surface area contributed by atoms with Crippen LogP contribution < -0.4 is 10.7 Å². The molecule has 0 fully saturated rings. The third-order valence-electron chi connectivity index (χ3n) is 6.75. The van der Waals surface area contributed by atoms with Gasteiger partial charge in [0.25, 0.3) is 0 Å². The first-order valence-electron chi connectivity index (χ1n) is 11.7. The summed E-state index contributed by atoms with van der Waals surface area (Å²) in [4.78, 5) is 53.4. The van der Waals surface area contributed by atoms with Crippen LogP contribution in [0.15, 0.2) is 56.2 Å². The number of aryl methyl sites for hydroxylation is 1. The fraction of sp³-hybridized carbons (Fsp3) is 0.407. The Hall–Kier alpha value is -3.72. The molecule has 1 aromatic heterocycles. The van der Waals surface area contributed by atoms with E-state index < -0.39 is 29.6 Å². The Labute approximate surface area is 208 Å². The number of fused-ring (bicyclic) bond motifs is 1. The van der Waals surface area contributed by atoms with Gasteiger partial charge in [0, 0.05) is 29.6 Å². The maximum atomic E-state index is 13.8. The molecule has 190 valence electrons.